The van der Waals surface area contributed by atoms with Crippen LogP contribution in [0.2, 0.25) is 0 Å². The molecule has 0 atom stereocenters. The summed E-state index contributed by atoms with van der Waals surface area (Å²) in [6.45, 7) is 30.4. The summed E-state index contributed by atoms with van der Waals surface area (Å²) in [6, 6.07) is 14.2. The van der Waals surface area contributed by atoms with Crippen molar-refractivity contribution in [1.82, 2.24) is 0 Å². The molecule has 0 aliphatic heterocycles. The maximum absolute atomic E-state index is 14.0. The Labute approximate surface area is 359 Å². The summed E-state index contributed by atoms with van der Waals surface area (Å²) in [7, 11) is -5.05. The summed E-state index contributed by atoms with van der Waals surface area (Å²) < 4.78 is 20.9. The van der Waals surface area contributed by atoms with Crippen molar-refractivity contribution in [2.24, 2.45) is 5.41 Å². The first-order valence-corrected chi connectivity index (χ1v) is 25.7. The number of rotatable bonds is 28. The zero-order valence-corrected chi connectivity index (χ0v) is 41.1. The Morgan fingerprint density at radius 3 is 1.16 bits per heavy atom. The van der Waals surface area contributed by atoms with Gasteiger partial charge in [0.2, 0.25) is 0 Å². The second-order valence-corrected chi connectivity index (χ2v) is 22.5. The van der Waals surface area contributed by atoms with Gasteiger partial charge < -0.3 is 9.79 Å². The fourth-order valence-electron chi connectivity index (χ4n) is 10.5. The van der Waals surface area contributed by atoms with Crippen molar-refractivity contribution in [3.05, 3.63) is 69.8 Å². The molecule has 3 rings (SSSR count). The molecular formula is C53H91O4P. The third-order valence-corrected chi connectivity index (χ3v) is 15.3. The fourth-order valence-corrected chi connectivity index (χ4v) is 11.2. The van der Waals surface area contributed by atoms with Crippen LogP contribution in [0.1, 0.15) is 265 Å². The minimum Gasteiger partial charge on any atom is -0.303 e. The molecule has 0 heterocycles. The molecule has 332 valence electrons. The zero-order chi connectivity index (χ0) is 43.5. The van der Waals surface area contributed by atoms with Crippen molar-refractivity contribution in [2.45, 2.75) is 259 Å². The maximum atomic E-state index is 14.0. The van der Waals surface area contributed by atoms with E-state index in [0.717, 1.165) is 114 Å². The van der Waals surface area contributed by atoms with Crippen LogP contribution in [0, 0.1) is 5.41 Å². The van der Waals surface area contributed by atoms with Crippen molar-refractivity contribution in [1.29, 1.82) is 0 Å². The van der Waals surface area contributed by atoms with Gasteiger partial charge in [0.1, 0.15) is 5.60 Å². The summed E-state index contributed by atoms with van der Waals surface area (Å²) in [5.74, 6) is 0. The van der Waals surface area contributed by atoms with Crippen LogP contribution in [0.5, 0.6) is 0 Å². The van der Waals surface area contributed by atoms with Gasteiger partial charge in [-0.15, -0.1) is 0 Å². The molecule has 2 aromatic rings. The van der Waals surface area contributed by atoms with Crippen molar-refractivity contribution in [3.63, 3.8) is 0 Å². The highest BCUT2D eigenvalue weighted by Crippen LogP contribution is 2.68. The minimum absolute atomic E-state index is 0.0392. The van der Waals surface area contributed by atoms with E-state index in [4.69, 9.17) is 4.52 Å². The van der Waals surface area contributed by atoms with E-state index < -0.39 is 18.8 Å². The quantitative estimate of drug-likeness (QED) is 0.0663. The molecular weight excluding hydrogens is 732 g/mol. The van der Waals surface area contributed by atoms with Crippen molar-refractivity contribution in [2.75, 3.05) is 0 Å². The number of hydrogen-bond acceptors (Lipinski definition) is 2. The van der Waals surface area contributed by atoms with Crippen LogP contribution in [0.15, 0.2) is 36.4 Å². The Hall–Kier alpha value is -1.45. The fraction of sp³-hybridized carbons (Fsp3) is 0.774. The van der Waals surface area contributed by atoms with E-state index in [-0.39, 0.29) is 21.7 Å². The molecule has 4 nitrogen and oxygen atoms in total. The molecule has 1 fully saturated rings. The van der Waals surface area contributed by atoms with Crippen LogP contribution in [0.3, 0.4) is 0 Å². The number of hydrogen-bond donors (Lipinski definition) is 2. The highest BCUT2D eigenvalue weighted by molar-refractivity contribution is 7.46. The van der Waals surface area contributed by atoms with Crippen LogP contribution in [-0.4, -0.2) is 9.79 Å². The van der Waals surface area contributed by atoms with E-state index in [2.05, 4.69) is 126 Å². The van der Waals surface area contributed by atoms with Gasteiger partial charge in [0.25, 0.3) is 0 Å². The number of benzene rings is 2. The first-order valence-electron chi connectivity index (χ1n) is 24.2. The molecule has 0 aromatic heterocycles. The van der Waals surface area contributed by atoms with Crippen LogP contribution in [0.4, 0.5) is 0 Å². The largest absolute Gasteiger partial charge is 0.470 e. The number of phosphoric acid groups is 1. The molecule has 0 saturated heterocycles. The Balaban J connectivity index is 2.65. The van der Waals surface area contributed by atoms with Gasteiger partial charge in [0.15, 0.2) is 0 Å². The second kappa shape index (κ2) is 21.6. The molecule has 0 bridgehead atoms. The van der Waals surface area contributed by atoms with Crippen molar-refractivity contribution >= 4 is 7.82 Å². The third kappa shape index (κ3) is 12.3. The normalized spacial score (nSPS) is 15.5. The molecule has 2 N–H and O–H groups in total. The van der Waals surface area contributed by atoms with E-state index in [9.17, 15) is 14.4 Å². The lowest BCUT2D eigenvalue weighted by molar-refractivity contribution is -0.107. The molecule has 58 heavy (non-hydrogen) atoms. The zero-order valence-electron chi connectivity index (χ0n) is 40.2. The molecule has 0 radical (unpaired) electrons. The summed E-state index contributed by atoms with van der Waals surface area (Å²) in [4.78, 5) is 22.8. The van der Waals surface area contributed by atoms with Gasteiger partial charge in [-0.1, -0.05) is 223 Å². The molecule has 0 amide bonds. The average Bonchev–Trinajstić information content (AvgIpc) is 3.13. The Morgan fingerprint density at radius 1 is 0.517 bits per heavy atom. The van der Waals surface area contributed by atoms with E-state index >= 15 is 0 Å². The molecule has 1 saturated carbocycles. The van der Waals surface area contributed by atoms with Gasteiger partial charge in [-0.05, 0) is 100.0 Å². The predicted molar refractivity (Wildman–Crippen MR) is 251 cm³/mol. The van der Waals surface area contributed by atoms with Gasteiger partial charge in [0.05, 0.1) is 0 Å². The van der Waals surface area contributed by atoms with Crippen LogP contribution < -0.4 is 0 Å². The molecule has 5 heteroatoms. The predicted octanol–water partition coefficient (Wildman–Crippen LogP) is 16.8. The first kappa shape index (κ1) is 50.9. The smallest absolute Gasteiger partial charge is 0.303 e. The van der Waals surface area contributed by atoms with Crippen LogP contribution in [0.25, 0.3) is 0 Å². The lowest BCUT2D eigenvalue weighted by atomic mass is 9.50. The highest BCUT2D eigenvalue weighted by Gasteiger charge is 2.62. The van der Waals surface area contributed by atoms with E-state index in [1.807, 2.05) is 0 Å². The summed E-state index contributed by atoms with van der Waals surface area (Å²) in [5.41, 5.74) is 4.63. The molecule has 1 aliphatic rings. The van der Waals surface area contributed by atoms with Crippen LogP contribution in [-0.2, 0) is 36.3 Å². The molecule has 2 aromatic carbocycles. The standard InChI is InChI=1S/C53H91O4P/c1-14-19-24-33-48(6,7)42-29-31-44(46(40-42)50(10,11)35-26-21-16-3)53(57-58(54,55)56,52(37-23-18-5)38-28-39-52)45-32-30-43(49(8,9)34-25-20-15-2)41-47(45)51(12,13)36-27-22-17-4/h29-32,40-41H,14-28,33-39H2,1-13H3,(H2,54,55,56). The molecule has 0 spiro atoms. The average molecular weight is 823 g/mol. The van der Waals surface area contributed by atoms with Gasteiger partial charge in [-0.25, -0.2) is 4.57 Å². The van der Waals surface area contributed by atoms with Gasteiger partial charge >= 0.3 is 7.82 Å². The summed E-state index contributed by atoms with van der Waals surface area (Å²) in [5, 5.41) is 0. The highest BCUT2D eigenvalue weighted by atomic mass is 31.2. The summed E-state index contributed by atoms with van der Waals surface area (Å²) >= 11 is 0. The Bertz CT molecular complexity index is 1500. The topological polar surface area (TPSA) is 66.8 Å². The van der Waals surface area contributed by atoms with E-state index in [1.165, 1.54) is 60.8 Å². The lowest BCUT2D eigenvalue weighted by Gasteiger charge is -2.58. The Morgan fingerprint density at radius 2 is 0.862 bits per heavy atom. The van der Waals surface area contributed by atoms with E-state index in [0.29, 0.717) is 0 Å². The maximum Gasteiger partial charge on any atom is 0.470 e. The second-order valence-electron chi connectivity index (χ2n) is 21.4. The van der Waals surface area contributed by atoms with Crippen LogP contribution >= 0.6 is 7.82 Å². The van der Waals surface area contributed by atoms with Crippen molar-refractivity contribution < 1.29 is 18.9 Å². The molecule has 1 aliphatic carbocycles. The van der Waals surface area contributed by atoms with Gasteiger partial charge in [-0.2, -0.15) is 0 Å². The monoisotopic (exact) mass is 823 g/mol. The lowest BCUT2D eigenvalue weighted by Crippen LogP contribution is -2.54. The number of unbranched alkanes of at least 4 members (excludes halogenated alkanes) is 9. The third-order valence-electron chi connectivity index (χ3n) is 14.8. The van der Waals surface area contributed by atoms with E-state index in [1.54, 1.807) is 0 Å². The molecule has 0 unspecified atom stereocenters. The first-order chi connectivity index (χ1) is 27.1. The SMILES string of the molecule is CCCCCC(C)(C)c1ccc(C(OP(=O)(O)O)(c2ccc(C(C)(C)CCCCC)cc2C(C)(C)CCCCC)C2(CCCC)CCC2)c(C(C)(C)CCCCC)c1. The number of phosphoric ester groups is 1. The minimum atomic E-state index is -5.05. The van der Waals surface area contributed by atoms with Gasteiger partial charge in [0, 0.05) is 5.41 Å². The summed E-state index contributed by atoms with van der Waals surface area (Å²) in [6.07, 6.45) is 23.9. The van der Waals surface area contributed by atoms with Gasteiger partial charge in [-0.3, -0.25) is 4.52 Å². The van der Waals surface area contributed by atoms with Crippen molar-refractivity contribution in [3.8, 4) is 0 Å². The Kier molecular flexibility index (Phi) is 18.9.